The van der Waals surface area contributed by atoms with E-state index in [2.05, 4.69) is 10.6 Å². The number of benzene rings is 2. The molecule has 1 fully saturated rings. The van der Waals surface area contributed by atoms with Gasteiger partial charge in [0.2, 0.25) is 0 Å². The number of halogens is 1. The second kappa shape index (κ2) is 5.56. The van der Waals surface area contributed by atoms with Crippen molar-refractivity contribution in [3.8, 4) is 0 Å². The maximum Gasteiger partial charge on any atom is 0.128 e. The van der Waals surface area contributed by atoms with Crippen molar-refractivity contribution in [2.24, 2.45) is 0 Å². The molecule has 3 aromatic rings. The molecule has 1 heterocycles. The first kappa shape index (κ1) is 13.5. The van der Waals surface area contributed by atoms with Crippen LogP contribution in [0.3, 0.4) is 0 Å². The van der Waals surface area contributed by atoms with Crippen LogP contribution in [0.2, 0.25) is 0 Å². The normalized spacial score (nSPS) is 15.7. The van der Waals surface area contributed by atoms with E-state index in [-0.39, 0.29) is 5.82 Å². The maximum absolute atomic E-state index is 14.1. The van der Waals surface area contributed by atoms with E-state index in [1.54, 1.807) is 6.07 Å². The molecule has 4 rings (SSSR count). The highest BCUT2D eigenvalue weighted by atomic mass is 19.1. The van der Waals surface area contributed by atoms with Gasteiger partial charge >= 0.3 is 0 Å². The van der Waals surface area contributed by atoms with Crippen molar-refractivity contribution >= 4 is 11.0 Å². The number of fused-ring (bicyclic) bond motifs is 1. The standard InChI is InChI=1S/C19H19FN2/c20-16-10-4-3-9-15(16)13-22-18-12-6-5-11-17(18)21-19(22)14-7-1-2-8-14/h3-6,9-12,14H,1-2,7-8,13H2. The molecule has 0 atom stereocenters. The molecule has 0 unspecified atom stereocenters. The molecule has 3 heteroatoms. The van der Waals surface area contributed by atoms with E-state index in [1.807, 2.05) is 30.3 Å². The molecule has 2 aromatic carbocycles. The van der Waals surface area contributed by atoms with Crippen molar-refractivity contribution in [2.45, 2.75) is 38.1 Å². The maximum atomic E-state index is 14.1. The first-order chi connectivity index (χ1) is 10.8. The van der Waals surface area contributed by atoms with Crippen LogP contribution in [-0.4, -0.2) is 9.55 Å². The second-order valence-electron chi connectivity index (χ2n) is 6.12. The van der Waals surface area contributed by atoms with Gasteiger partial charge in [0.15, 0.2) is 0 Å². The summed E-state index contributed by atoms with van der Waals surface area (Å²) in [5.41, 5.74) is 2.85. The third-order valence-corrected chi connectivity index (χ3v) is 4.69. The Morgan fingerprint density at radius 2 is 1.73 bits per heavy atom. The Kier molecular flexibility index (Phi) is 3.41. The summed E-state index contributed by atoms with van der Waals surface area (Å²) in [6, 6.07) is 15.2. The minimum Gasteiger partial charge on any atom is -0.323 e. The number of aromatic nitrogens is 2. The van der Waals surface area contributed by atoms with Crippen LogP contribution in [0.5, 0.6) is 0 Å². The van der Waals surface area contributed by atoms with Gasteiger partial charge in [-0.05, 0) is 31.0 Å². The molecule has 0 radical (unpaired) electrons. The topological polar surface area (TPSA) is 17.8 Å². The Morgan fingerprint density at radius 3 is 2.55 bits per heavy atom. The van der Waals surface area contributed by atoms with Crippen LogP contribution in [-0.2, 0) is 6.54 Å². The first-order valence-corrected chi connectivity index (χ1v) is 8.01. The summed E-state index contributed by atoms with van der Waals surface area (Å²) >= 11 is 0. The Labute approximate surface area is 129 Å². The van der Waals surface area contributed by atoms with Gasteiger partial charge in [-0.3, -0.25) is 0 Å². The molecule has 0 N–H and O–H groups in total. The first-order valence-electron chi connectivity index (χ1n) is 8.01. The Morgan fingerprint density at radius 1 is 1.00 bits per heavy atom. The number of hydrogen-bond donors (Lipinski definition) is 0. The number of rotatable bonds is 3. The van der Waals surface area contributed by atoms with Gasteiger partial charge in [0.1, 0.15) is 11.6 Å². The van der Waals surface area contributed by atoms with E-state index in [4.69, 9.17) is 4.98 Å². The van der Waals surface area contributed by atoms with E-state index in [0.717, 1.165) is 22.4 Å². The molecule has 112 valence electrons. The predicted octanol–water partition coefficient (Wildman–Crippen LogP) is 4.88. The van der Waals surface area contributed by atoms with Crippen LogP contribution in [0.4, 0.5) is 4.39 Å². The van der Waals surface area contributed by atoms with Gasteiger partial charge < -0.3 is 4.57 Å². The third kappa shape index (κ3) is 2.31. The number of nitrogens with zero attached hydrogens (tertiary/aromatic N) is 2. The van der Waals surface area contributed by atoms with Crippen LogP contribution in [0.15, 0.2) is 48.5 Å². The average molecular weight is 294 g/mol. The average Bonchev–Trinajstić information content (AvgIpc) is 3.17. The largest absolute Gasteiger partial charge is 0.323 e. The Balaban J connectivity index is 1.83. The molecule has 1 aliphatic carbocycles. The van der Waals surface area contributed by atoms with Crippen molar-refractivity contribution < 1.29 is 4.39 Å². The lowest BCUT2D eigenvalue weighted by molar-refractivity contribution is 0.580. The molecule has 2 nitrogen and oxygen atoms in total. The van der Waals surface area contributed by atoms with Gasteiger partial charge in [0.25, 0.3) is 0 Å². The molecule has 1 aliphatic rings. The fourth-order valence-electron chi connectivity index (χ4n) is 3.55. The summed E-state index contributed by atoms with van der Waals surface area (Å²) < 4.78 is 16.3. The van der Waals surface area contributed by atoms with Crippen LogP contribution in [0.25, 0.3) is 11.0 Å². The quantitative estimate of drug-likeness (QED) is 0.673. The van der Waals surface area contributed by atoms with Gasteiger partial charge in [-0.25, -0.2) is 9.37 Å². The Hall–Kier alpha value is -2.16. The molecule has 22 heavy (non-hydrogen) atoms. The molecule has 0 saturated heterocycles. The van der Waals surface area contributed by atoms with Crippen molar-refractivity contribution in [1.82, 2.24) is 9.55 Å². The third-order valence-electron chi connectivity index (χ3n) is 4.69. The van der Waals surface area contributed by atoms with Crippen molar-refractivity contribution in [2.75, 3.05) is 0 Å². The fourth-order valence-corrected chi connectivity index (χ4v) is 3.55. The zero-order chi connectivity index (χ0) is 14.9. The van der Waals surface area contributed by atoms with Crippen molar-refractivity contribution in [1.29, 1.82) is 0 Å². The fraction of sp³-hybridized carbons (Fsp3) is 0.316. The molecule has 1 aromatic heterocycles. The molecule has 0 amide bonds. The minimum absolute atomic E-state index is 0.141. The zero-order valence-electron chi connectivity index (χ0n) is 12.5. The molecular weight excluding hydrogens is 275 g/mol. The highest BCUT2D eigenvalue weighted by Crippen LogP contribution is 2.35. The molecule has 0 aliphatic heterocycles. The van der Waals surface area contributed by atoms with E-state index >= 15 is 0 Å². The molecule has 0 spiro atoms. The van der Waals surface area contributed by atoms with E-state index in [0.29, 0.717) is 12.5 Å². The predicted molar refractivity (Wildman–Crippen MR) is 86.4 cm³/mol. The summed E-state index contributed by atoms with van der Waals surface area (Å²) in [5.74, 6) is 1.50. The molecular formula is C19H19FN2. The van der Waals surface area contributed by atoms with Gasteiger partial charge in [0.05, 0.1) is 17.6 Å². The Bertz CT molecular complexity index is 800. The van der Waals surface area contributed by atoms with Crippen molar-refractivity contribution in [3.63, 3.8) is 0 Å². The van der Waals surface area contributed by atoms with Crippen LogP contribution in [0, 0.1) is 5.82 Å². The minimum atomic E-state index is -0.141. The smallest absolute Gasteiger partial charge is 0.128 e. The van der Waals surface area contributed by atoms with Crippen LogP contribution in [0.1, 0.15) is 43.0 Å². The number of para-hydroxylation sites is 2. The summed E-state index contributed by atoms with van der Waals surface area (Å²) in [6.07, 6.45) is 4.93. The van der Waals surface area contributed by atoms with Gasteiger partial charge in [-0.2, -0.15) is 0 Å². The molecule has 1 saturated carbocycles. The monoisotopic (exact) mass is 294 g/mol. The molecule has 0 bridgehead atoms. The summed E-state index contributed by atoms with van der Waals surface area (Å²) in [7, 11) is 0. The van der Waals surface area contributed by atoms with Crippen molar-refractivity contribution in [3.05, 3.63) is 65.7 Å². The number of imidazole rings is 1. The van der Waals surface area contributed by atoms with Gasteiger partial charge in [-0.15, -0.1) is 0 Å². The van der Waals surface area contributed by atoms with E-state index in [9.17, 15) is 4.39 Å². The number of hydrogen-bond acceptors (Lipinski definition) is 1. The summed E-state index contributed by atoms with van der Waals surface area (Å²) in [5, 5.41) is 0. The lowest BCUT2D eigenvalue weighted by Gasteiger charge is -2.14. The second-order valence-corrected chi connectivity index (χ2v) is 6.12. The highest BCUT2D eigenvalue weighted by Gasteiger charge is 2.23. The van der Waals surface area contributed by atoms with E-state index in [1.165, 1.54) is 31.7 Å². The lowest BCUT2D eigenvalue weighted by Crippen LogP contribution is -2.09. The highest BCUT2D eigenvalue weighted by molar-refractivity contribution is 5.76. The lowest BCUT2D eigenvalue weighted by atomic mass is 10.1. The van der Waals surface area contributed by atoms with E-state index < -0.39 is 0 Å². The van der Waals surface area contributed by atoms with Gasteiger partial charge in [0, 0.05) is 11.5 Å². The summed E-state index contributed by atoms with van der Waals surface area (Å²) in [4.78, 5) is 4.86. The summed E-state index contributed by atoms with van der Waals surface area (Å²) in [6.45, 7) is 0.555. The SMILES string of the molecule is Fc1ccccc1Cn1c(C2CCCC2)nc2ccccc21. The zero-order valence-corrected chi connectivity index (χ0v) is 12.5. The van der Waals surface area contributed by atoms with Crippen LogP contribution >= 0.6 is 0 Å². The van der Waals surface area contributed by atoms with Crippen LogP contribution < -0.4 is 0 Å². The van der Waals surface area contributed by atoms with Gasteiger partial charge in [-0.1, -0.05) is 43.2 Å².